The second kappa shape index (κ2) is 3.88. The van der Waals surface area contributed by atoms with E-state index >= 15 is 0 Å². The van der Waals surface area contributed by atoms with Crippen LogP contribution in [0.25, 0.3) is 10.9 Å². The summed E-state index contributed by atoms with van der Waals surface area (Å²) in [6.07, 6.45) is 0. The van der Waals surface area contributed by atoms with E-state index in [2.05, 4.69) is 22.2 Å². The van der Waals surface area contributed by atoms with Gasteiger partial charge in [0, 0.05) is 12.1 Å². The van der Waals surface area contributed by atoms with E-state index in [-0.39, 0.29) is 5.91 Å². The zero-order chi connectivity index (χ0) is 10.7. The Labute approximate surface area is 86.6 Å². The summed E-state index contributed by atoms with van der Waals surface area (Å²) in [5.74, 6) is -0.351. The smallest absolute Gasteiger partial charge is 0.266 e. The molecular formula is C11H9N3O. The Hall–Kier alpha value is -2.23. The summed E-state index contributed by atoms with van der Waals surface area (Å²) in [5.41, 5.74) is 3.36. The van der Waals surface area contributed by atoms with Crippen molar-refractivity contribution in [3.8, 4) is 0 Å². The van der Waals surface area contributed by atoms with Crippen LogP contribution in [0, 0.1) is 0 Å². The van der Waals surface area contributed by atoms with E-state index in [1.54, 1.807) is 6.07 Å². The first kappa shape index (κ1) is 9.33. The molecule has 0 spiro atoms. The monoisotopic (exact) mass is 199 g/mol. The lowest BCUT2D eigenvalue weighted by Crippen LogP contribution is -2.17. The maximum absolute atomic E-state index is 11.4. The third-order valence-corrected chi connectivity index (χ3v) is 2.01. The molecule has 0 aliphatic heterocycles. The van der Waals surface area contributed by atoms with Crippen LogP contribution in [0.1, 0.15) is 10.5 Å². The first-order valence-corrected chi connectivity index (χ1v) is 4.43. The Bertz CT molecular complexity index is 522. The predicted octanol–water partition coefficient (Wildman–Crippen LogP) is 1.58. The van der Waals surface area contributed by atoms with Crippen LogP contribution in [0.5, 0.6) is 0 Å². The number of hydrogen-bond donors (Lipinski definition) is 1. The van der Waals surface area contributed by atoms with Gasteiger partial charge in [-0.3, -0.25) is 4.79 Å². The summed E-state index contributed by atoms with van der Waals surface area (Å²) in [7, 11) is 0. The standard InChI is InChI=1S/C11H9N3O/c1-12-14-11(15)10-7-6-8-4-2-3-5-9(8)13-10/h2-7H,1H2,(H,14,15). The fourth-order valence-corrected chi connectivity index (χ4v) is 1.32. The fraction of sp³-hybridized carbons (Fsp3) is 0. The first-order chi connectivity index (χ1) is 7.31. The quantitative estimate of drug-likeness (QED) is 0.589. The largest absolute Gasteiger partial charge is 0.289 e. The number of amides is 1. The van der Waals surface area contributed by atoms with Crippen molar-refractivity contribution < 1.29 is 4.79 Å². The lowest BCUT2D eigenvalue weighted by atomic mass is 10.2. The summed E-state index contributed by atoms with van der Waals surface area (Å²) < 4.78 is 0. The number of rotatable bonds is 2. The minimum atomic E-state index is -0.351. The molecule has 0 fully saturated rings. The molecule has 1 aromatic heterocycles. The lowest BCUT2D eigenvalue weighted by molar-refractivity contribution is 0.0950. The molecule has 2 aromatic rings. The molecule has 4 heteroatoms. The van der Waals surface area contributed by atoms with Crippen molar-refractivity contribution in [3.63, 3.8) is 0 Å². The van der Waals surface area contributed by atoms with Crippen molar-refractivity contribution in [2.45, 2.75) is 0 Å². The molecule has 0 saturated heterocycles. The molecule has 15 heavy (non-hydrogen) atoms. The average Bonchev–Trinajstić information content (AvgIpc) is 2.29. The molecule has 0 aliphatic rings. The number of carbonyl (C=O) groups excluding carboxylic acids is 1. The summed E-state index contributed by atoms with van der Waals surface area (Å²) in [4.78, 5) is 15.6. The van der Waals surface area contributed by atoms with E-state index < -0.39 is 0 Å². The number of fused-ring (bicyclic) bond motifs is 1. The predicted molar refractivity (Wildman–Crippen MR) is 58.8 cm³/mol. The van der Waals surface area contributed by atoms with E-state index in [0.717, 1.165) is 10.9 Å². The highest BCUT2D eigenvalue weighted by atomic mass is 16.2. The second-order valence-corrected chi connectivity index (χ2v) is 2.99. The van der Waals surface area contributed by atoms with Gasteiger partial charge in [-0.05, 0) is 12.1 Å². The topological polar surface area (TPSA) is 54.4 Å². The molecule has 1 N–H and O–H groups in total. The van der Waals surface area contributed by atoms with Gasteiger partial charge in [0.15, 0.2) is 0 Å². The maximum Gasteiger partial charge on any atom is 0.289 e. The first-order valence-electron chi connectivity index (χ1n) is 4.43. The number of aromatic nitrogens is 1. The van der Waals surface area contributed by atoms with Crippen LogP contribution in [0.3, 0.4) is 0 Å². The highest BCUT2D eigenvalue weighted by Gasteiger charge is 2.05. The van der Waals surface area contributed by atoms with E-state index in [9.17, 15) is 4.79 Å². The zero-order valence-corrected chi connectivity index (χ0v) is 7.97. The molecule has 74 valence electrons. The van der Waals surface area contributed by atoms with Crippen molar-refractivity contribution in [1.82, 2.24) is 10.4 Å². The van der Waals surface area contributed by atoms with Gasteiger partial charge in [0.2, 0.25) is 0 Å². The van der Waals surface area contributed by atoms with Gasteiger partial charge >= 0.3 is 0 Å². The van der Waals surface area contributed by atoms with Crippen LogP contribution in [0.4, 0.5) is 0 Å². The Morgan fingerprint density at radius 3 is 2.87 bits per heavy atom. The van der Waals surface area contributed by atoms with Crippen molar-refractivity contribution in [2.24, 2.45) is 5.10 Å². The van der Waals surface area contributed by atoms with E-state index in [1.165, 1.54) is 0 Å². The molecule has 4 nitrogen and oxygen atoms in total. The van der Waals surface area contributed by atoms with E-state index in [1.807, 2.05) is 30.3 Å². The number of nitrogens with zero attached hydrogens (tertiary/aromatic N) is 2. The van der Waals surface area contributed by atoms with Crippen LogP contribution in [0.2, 0.25) is 0 Å². The van der Waals surface area contributed by atoms with Crippen LogP contribution < -0.4 is 5.43 Å². The van der Waals surface area contributed by atoms with Gasteiger partial charge in [-0.1, -0.05) is 24.3 Å². The Balaban J connectivity index is 2.46. The number of benzene rings is 1. The number of carbonyl (C=O) groups is 1. The fourth-order valence-electron chi connectivity index (χ4n) is 1.32. The average molecular weight is 199 g/mol. The number of para-hydroxylation sites is 1. The third-order valence-electron chi connectivity index (χ3n) is 2.01. The molecule has 0 radical (unpaired) electrons. The van der Waals surface area contributed by atoms with Crippen molar-refractivity contribution >= 4 is 23.5 Å². The van der Waals surface area contributed by atoms with E-state index in [0.29, 0.717) is 5.69 Å². The molecule has 0 bridgehead atoms. The molecule has 0 unspecified atom stereocenters. The zero-order valence-electron chi connectivity index (χ0n) is 7.97. The highest BCUT2D eigenvalue weighted by Crippen LogP contribution is 2.11. The molecule has 0 atom stereocenters. The van der Waals surface area contributed by atoms with Crippen LogP contribution in [-0.2, 0) is 0 Å². The summed E-state index contributed by atoms with van der Waals surface area (Å²) >= 11 is 0. The normalized spacial score (nSPS) is 9.87. The Morgan fingerprint density at radius 1 is 1.27 bits per heavy atom. The van der Waals surface area contributed by atoms with Gasteiger partial charge < -0.3 is 0 Å². The summed E-state index contributed by atoms with van der Waals surface area (Å²) in [6.45, 7) is 3.18. The molecule has 1 amide bonds. The van der Waals surface area contributed by atoms with Gasteiger partial charge in [0.1, 0.15) is 5.69 Å². The van der Waals surface area contributed by atoms with E-state index in [4.69, 9.17) is 0 Å². The van der Waals surface area contributed by atoms with Gasteiger partial charge in [-0.15, -0.1) is 0 Å². The SMILES string of the molecule is C=NNC(=O)c1ccc2ccccc2n1. The van der Waals surface area contributed by atoms with Crippen molar-refractivity contribution in [3.05, 3.63) is 42.1 Å². The number of hydrogen-bond acceptors (Lipinski definition) is 3. The van der Waals surface area contributed by atoms with Gasteiger partial charge in [0.05, 0.1) is 5.52 Å². The van der Waals surface area contributed by atoms with Crippen LogP contribution in [0.15, 0.2) is 41.5 Å². The van der Waals surface area contributed by atoms with Crippen molar-refractivity contribution in [1.29, 1.82) is 0 Å². The summed E-state index contributed by atoms with van der Waals surface area (Å²) in [5, 5.41) is 4.30. The van der Waals surface area contributed by atoms with Crippen molar-refractivity contribution in [2.75, 3.05) is 0 Å². The molecular weight excluding hydrogens is 190 g/mol. The molecule has 0 saturated carbocycles. The molecule has 2 rings (SSSR count). The third kappa shape index (κ3) is 1.83. The molecule has 0 aliphatic carbocycles. The maximum atomic E-state index is 11.4. The lowest BCUT2D eigenvalue weighted by Gasteiger charge is -2.00. The number of hydrazone groups is 1. The molecule has 1 aromatic carbocycles. The Morgan fingerprint density at radius 2 is 2.07 bits per heavy atom. The molecule has 1 heterocycles. The summed E-state index contributed by atoms with van der Waals surface area (Å²) in [6, 6.07) is 11.1. The van der Waals surface area contributed by atoms with Crippen LogP contribution in [-0.4, -0.2) is 17.6 Å². The minimum Gasteiger partial charge on any atom is -0.266 e. The van der Waals surface area contributed by atoms with Gasteiger partial charge in [0.25, 0.3) is 5.91 Å². The number of pyridine rings is 1. The van der Waals surface area contributed by atoms with Gasteiger partial charge in [-0.25, -0.2) is 10.4 Å². The second-order valence-electron chi connectivity index (χ2n) is 2.99. The number of nitrogens with one attached hydrogen (secondary N) is 1. The minimum absolute atomic E-state index is 0.334. The van der Waals surface area contributed by atoms with Gasteiger partial charge in [-0.2, -0.15) is 5.10 Å². The van der Waals surface area contributed by atoms with Crippen LogP contribution >= 0.6 is 0 Å². The Kier molecular flexibility index (Phi) is 2.41. The highest BCUT2D eigenvalue weighted by molar-refractivity contribution is 5.94.